The number of hydrogen-bond donors (Lipinski definition) is 0. The predicted octanol–water partition coefficient (Wildman–Crippen LogP) is 3.12. The van der Waals surface area contributed by atoms with E-state index in [0.717, 1.165) is 39.0 Å². The van der Waals surface area contributed by atoms with Gasteiger partial charge in [-0.25, -0.2) is 15.0 Å². The van der Waals surface area contributed by atoms with Gasteiger partial charge in [0.15, 0.2) is 5.82 Å². The van der Waals surface area contributed by atoms with Gasteiger partial charge in [0.2, 0.25) is 0 Å². The topological polar surface area (TPSA) is 47.9 Å². The van der Waals surface area contributed by atoms with Gasteiger partial charge in [-0.3, -0.25) is 0 Å². The van der Waals surface area contributed by atoms with Gasteiger partial charge in [0.1, 0.15) is 11.4 Å². The van der Waals surface area contributed by atoms with E-state index in [4.69, 9.17) is 14.7 Å². The van der Waals surface area contributed by atoms with Gasteiger partial charge in [0.25, 0.3) is 0 Å². The zero-order chi connectivity index (χ0) is 17.8. The number of pyridine rings is 1. The molecular weight excluding hydrogens is 310 g/mol. The molecule has 1 aromatic carbocycles. The van der Waals surface area contributed by atoms with E-state index in [0.29, 0.717) is 5.82 Å². The van der Waals surface area contributed by atoms with E-state index < -0.39 is 0 Å². The summed E-state index contributed by atoms with van der Waals surface area (Å²) < 4.78 is 5.26. The summed E-state index contributed by atoms with van der Waals surface area (Å²) in [6.07, 6.45) is 4.05. The van der Waals surface area contributed by atoms with Crippen LogP contribution in [-0.4, -0.2) is 22.1 Å². The average molecular weight is 331 g/mol. The molecule has 0 unspecified atom stereocenters. The molecule has 0 spiro atoms. The van der Waals surface area contributed by atoms with Gasteiger partial charge in [-0.1, -0.05) is 18.2 Å². The van der Waals surface area contributed by atoms with Crippen molar-refractivity contribution < 1.29 is 4.74 Å². The molecule has 0 amide bonds. The van der Waals surface area contributed by atoms with Crippen LogP contribution in [0.4, 0.5) is 0 Å². The van der Waals surface area contributed by atoms with Gasteiger partial charge < -0.3 is 4.74 Å². The maximum atomic E-state index is 5.26. The van der Waals surface area contributed by atoms with Crippen molar-refractivity contribution in [2.75, 3.05) is 7.11 Å². The Kier molecular flexibility index (Phi) is 4.89. The smallest absolute Gasteiger partial charge is 0.179 e. The van der Waals surface area contributed by atoms with Gasteiger partial charge >= 0.3 is 0 Å². The van der Waals surface area contributed by atoms with E-state index in [1.54, 1.807) is 7.11 Å². The summed E-state index contributed by atoms with van der Waals surface area (Å²) in [5, 5.41) is 1.92. The normalized spacial score (nSPS) is 12.5. The van der Waals surface area contributed by atoms with Crippen molar-refractivity contribution in [2.24, 2.45) is 0 Å². The summed E-state index contributed by atoms with van der Waals surface area (Å²) in [5.41, 5.74) is 3.64. The van der Waals surface area contributed by atoms with E-state index in [9.17, 15) is 0 Å². The Bertz CT molecular complexity index is 1010. The van der Waals surface area contributed by atoms with Crippen molar-refractivity contribution in [3.63, 3.8) is 0 Å². The maximum absolute atomic E-state index is 5.26. The third-order valence-electron chi connectivity index (χ3n) is 4.02. The number of aryl methyl sites for hydroxylation is 1. The Morgan fingerprint density at radius 3 is 2.24 bits per heavy atom. The molecule has 0 atom stereocenters. The molecular formula is C21H21N3O. The van der Waals surface area contributed by atoms with Crippen molar-refractivity contribution in [1.29, 1.82) is 0 Å². The minimum atomic E-state index is 0.633. The van der Waals surface area contributed by atoms with E-state index in [-0.39, 0.29) is 0 Å². The minimum Gasteiger partial charge on any atom is -0.497 e. The predicted molar refractivity (Wildman–Crippen MR) is 102 cm³/mol. The lowest BCUT2D eigenvalue weighted by Crippen LogP contribution is -2.31. The summed E-state index contributed by atoms with van der Waals surface area (Å²) in [5.74, 6) is 1.45. The SMILES string of the molecule is C/C=c1/c(-c2ccc(OC)cc2)nc(-c2cccc(C)n2)n/c1=C/C. The summed E-state index contributed by atoms with van der Waals surface area (Å²) in [6.45, 7) is 5.96. The third kappa shape index (κ3) is 3.43. The molecule has 0 N–H and O–H groups in total. The molecule has 0 bridgehead atoms. The first-order valence-electron chi connectivity index (χ1n) is 8.25. The first-order valence-corrected chi connectivity index (χ1v) is 8.25. The minimum absolute atomic E-state index is 0.633. The third-order valence-corrected chi connectivity index (χ3v) is 4.02. The number of benzene rings is 1. The number of ether oxygens (including phenoxy) is 1. The largest absolute Gasteiger partial charge is 0.497 e. The zero-order valence-corrected chi connectivity index (χ0v) is 14.9. The van der Waals surface area contributed by atoms with Gasteiger partial charge in [-0.2, -0.15) is 0 Å². The molecule has 2 heterocycles. The van der Waals surface area contributed by atoms with Crippen LogP contribution < -0.4 is 15.3 Å². The van der Waals surface area contributed by atoms with Crippen molar-refractivity contribution >= 4 is 12.2 Å². The molecule has 0 aliphatic carbocycles. The second-order valence-electron chi connectivity index (χ2n) is 5.66. The van der Waals surface area contributed by atoms with Crippen LogP contribution in [0.2, 0.25) is 0 Å². The molecule has 25 heavy (non-hydrogen) atoms. The lowest BCUT2D eigenvalue weighted by Gasteiger charge is -2.08. The van der Waals surface area contributed by atoms with Crippen LogP contribution >= 0.6 is 0 Å². The van der Waals surface area contributed by atoms with Crippen molar-refractivity contribution in [3.05, 3.63) is 58.7 Å². The molecule has 0 saturated carbocycles. The molecule has 3 aromatic rings. The number of nitrogens with zero attached hydrogens (tertiary/aromatic N) is 3. The Morgan fingerprint density at radius 1 is 0.880 bits per heavy atom. The first-order chi connectivity index (χ1) is 12.2. The van der Waals surface area contributed by atoms with Crippen molar-refractivity contribution in [2.45, 2.75) is 20.8 Å². The fraction of sp³-hybridized carbons (Fsp3) is 0.190. The van der Waals surface area contributed by atoms with Crippen LogP contribution in [0.1, 0.15) is 19.5 Å². The molecule has 0 fully saturated rings. The van der Waals surface area contributed by atoms with Crippen LogP contribution in [0.3, 0.4) is 0 Å². The van der Waals surface area contributed by atoms with Crippen LogP contribution in [0.15, 0.2) is 42.5 Å². The quantitative estimate of drug-likeness (QED) is 0.740. The van der Waals surface area contributed by atoms with Crippen LogP contribution in [-0.2, 0) is 0 Å². The Morgan fingerprint density at radius 2 is 1.64 bits per heavy atom. The fourth-order valence-corrected chi connectivity index (χ4v) is 2.74. The van der Waals surface area contributed by atoms with Gasteiger partial charge in [0, 0.05) is 16.5 Å². The zero-order valence-electron chi connectivity index (χ0n) is 14.9. The maximum Gasteiger partial charge on any atom is 0.179 e. The standard InChI is InChI=1S/C21H21N3O/c1-5-17-18(6-2)23-21(19-9-7-8-14(3)22-19)24-20(17)15-10-12-16(25-4)13-11-15/h5-13H,1-4H3/b17-5+,18-6+. The Hall–Kier alpha value is -3.01. The monoisotopic (exact) mass is 331 g/mol. The molecule has 0 aliphatic heterocycles. The molecule has 126 valence electrons. The first kappa shape index (κ1) is 16.8. The lowest BCUT2D eigenvalue weighted by atomic mass is 10.1. The van der Waals surface area contributed by atoms with Crippen molar-refractivity contribution in [1.82, 2.24) is 15.0 Å². The summed E-state index contributed by atoms with van der Waals surface area (Å²) >= 11 is 0. The average Bonchev–Trinajstić information content (AvgIpc) is 2.67. The fourth-order valence-electron chi connectivity index (χ4n) is 2.74. The lowest BCUT2D eigenvalue weighted by molar-refractivity contribution is 0.415. The van der Waals surface area contributed by atoms with Gasteiger partial charge in [-0.05, 0) is 57.2 Å². The Balaban J connectivity index is 2.27. The van der Waals surface area contributed by atoms with E-state index in [2.05, 4.69) is 4.98 Å². The molecule has 4 heteroatoms. The molecule has 2 aromatic heterocycles. The highest BCUT2D eigenvalue weighted by molar-refractivity contribution is 5.65. The highest BCUT2D eigenvalue weighted by Crippen LogP contribution is 2.19. The summed E-state index contributed by atoms with van der Waals surface area (Å²) in [4.78, 5) is 14.1. The molecule has 0 aliphatic rings. The number of aromatic nitrogens is 3. The van der Waals surface area contributed by atoms with Crippen LogP contribution in [0.25, 0.3) is 34.9 Å². The Labute approximate surface area is 147 Å². The van der Waals surface area contributed by atoms with Crippen LogP contribution in [0.5, 0.6) is 5.75 Å². The highest BCUT2D eigenvalue weighted by atomic mass is 16.5. The second-order valence-corrected chi connectivity index (χ2v) is 5.66. The van der Waals surface area contributed by atoms with Crippen LogP contribution in [0, 0.1) is 6.92 Å². The molecule has 4 nitrogen and oxygen atoms in total. The van der Waals surface area contributed by atoms with E-state index >= 15 is 0 Å². The summed E-state index contributed by atoms with van der Waals surface area (Å²) in [6, 6.07) is 13.8. The second kappa shape index (κ2) is 7.26. The van der Waals surface area contributed by atoms with Gasteiger partial charge in [0.05, 0.1) is 18.2 Å². The number of rotatable bonds is 3. The van der Waals surface area contributed by atoms with Crippen molar-refractivity contribution in [3.8, 4) is 28.5 Å². The molecule has 0 radical (unpaired) electrons. The van der Waals surface area contributed by atoms with E-state index in [1.165, 1.54) is 0 Å². The number of hydrogen-bond acceptors (Lipinski definition) is 4. The van der Waals surface area contributed by atoms with E-state index in [1.807, 2.05) is 75.4 Å². The summed E-state index contributed by atoms with van der Waals surface area (Å²) in [7, 11) is 1.66. The molecule has 3 rings (SSSR count). The molecule has 0 saturated heterocycles. The highest BCUT2D eigenvalue weighted by Gasteiger charge is 2.10. The van der Waals surface area contributed by atoms with Gasteiger partial charge in [-0.15, -0.1) is 0 Å². The number of methoxy groups -OCH3 is 1.